The number of anilines is 1. The summed E-state index contributed by atoms with van der Waals surface area (Å²) < 4.78 is 2.08. The van der Waals surface area contributed by atoms with Crippen molar-refractivity contribution in [2.24, 2.45) is 5.92 Å². The van der Waals surface area contributed by atoms with Crippen LogP contribution in [0.5, 0.6) is 0 Å². The van der Waals surface area contributed by atoms with Gasteiger partial charge in [-0.05, 0) is 55.2 Å². The Kier molecular flexibility index (Phi) is 6.46. The average molecular weight is 396 g/mol. The fourth-order valence-corrected chi connectivity index (χ4v) is 3.53. The first-order valence-electron chi connectivity index (χ1n) is 9.27. The lowest BCUT2D eigenvalue weighted by Gasteiger charge is -2.12. The summed E-state index contributed by atoms with van der Waals surface area (Å²) in [6.07, 6.45) is 3.49. The van der Waals surface area contributed by atoms with Crippen LogP contribution >= 0.6 is 11.8 Å². The van der Waals surface area contributed by atoms with Crippen molar-refractivity contribution in [1.82, 2.24) is 19.7 Å². The smallest absolute Gasteiger partial charge is 0.234 e. The maximum Gasteiger partial charge on any atom is 0.234 e. The monoisotopic (exact) mass is 395 g/mol. The van der Waals surface area contributed by atoms with Crippen molar-refractivity contribution in [3.63, 3.8) is 0 Å². The molecule has 0 spiro atoms. The molecule has 146 valence electrons. The Morgan fingerprint density at radius 1 is 1.11 bits per heavy atom. The number of hydrogen-bond acceptors (Lipinski definition) is 5. The minimum absolute atomic E-state index is 0.0576. The van der Waals surface area contributed by atoms with Crippen molar-refractivity contribution in [2.45, 2.75) is 39.4 Å². The molecule has 3 rings (SSSR count). The molecule has 0 aliphatic rings. The third-order valence-electron chi connectivity index (χ3n) is 4.33. The van der Waals surface area contributed by atoms with Crippen molar-refractivity contribution >= 4 is 23.4 Å². The van der Waals surface area contributed by atoms with E-state index in [0.717, 1.165) is 34.3 Å². The van der Waals surface area contributed by atoms with Crippen LogP contribution in [0, 0.1) is 19.8 Å². The molecule has 3 aromatic rings. The number of amides is 1. The van der Waals surface area contributed by atoms with Gasteiger partial charge in [0.25, 0.3) is 0 Å². The standard InChI is InChI=1S/C21H25N5OS/c1-14(2)12-26-20(17-7-9-22-10-8-17)24-25-21(26)28-13-19(27)23-18-6-5-15(3)16(4)11-18/h5-11,14H,12-13H2,1-4H3,(H,23,27). The predicted octanol–water partition coefficient (Wildman–Crippen LogP) is 4.34. The fourth-order valence-electron chi connectivity index (χ4n) is 2.79. The Morgan fingerprint density at radius 3 is 2.54 bits per heavy atom. The fraction of sp³-hybridized carbons (Fsp3) is 0.333. The number of nitrogens with one attached hydrogen (secondary N) is 1. The molecule has 2 heterocycles. The largest absolute Gasteiger partial charge is 0.325 e. The molecule has 28 heavy (non-hydrogen) atoms. The van der Waals surface area contributed by atoms with Crippen molar-refractivity contribution in [1.29, 1.82) is 0 Å². The number of hydrogen-bond donors (Lipinski definition) is 1. The van der Waals surface area contributed by atoms with Crippen LogP contribution in [0.2, 0.25) is 0 Å². The maximum atomic E-state index is 12.4. The van der Waals surface area contributed by atoms with Crippen molar-refractivity contribution in [3.8, 4) is 11.4 Å². The number of aryl methyl sites for hydroxylation is 2. The molecule has 1 N–H and O–H groups in total. The van der Waals surface area contributed by atoms with Gasteiger partial charge in [-0.3, -0.25) is 9.78 Å². The highest BCUT2D eigenvalue weighted by molar-refractivity contribution is 7.99. The van der Waals surface area contributed by atoms with Gasteiger partial charge in [-0.25, -0.2) is 0 Å². The van der Waals surface area contributed by atoms with Crippen LogP contribution in [-0.4, -0.2) is 31.4 Å². The summed E-state index contributed by atoms with van der Waals surface area (Å²) in [6, 6.07) is 9.76. The molecular weight excluding hydrogens is 370 g/mol. The summed E-state index contributed by atoms with van der Waals surface area (Å²) in [4.78, 5) is 16.5. The van der Waals surface area contributed by atoms with E-state index < -0.39 is 0 Å². The third-order valence-corrected chi connectivity index (χ3v) is 5.29. The highest BCUT2D eigenvalue weighted by Gasteiger charge is 2.16. The lowest BCUT2D eigenvalue weighted by atomic mass is 10.1. The number of nitrogens with zero attached hydrogens (tertiary/aromatic N) is 4. The van der Waals surface area contributed by atoms with Gasteiger partial charge in [-0.15, -0.1) is 10.2 Å². The first-order valence-corrected chi connectivity index (χ1v) is 10.3. The van der Waals surface area contributed by atoms with Crippen LogP contribution < -0.4 is 5.32 Å². The van der Waals surface area contributed by atoms with E-state index >= 15 is 0 Å². The lowest BCUT2D eigenvalue weighted by molar-refractivity contribution is -0.113. The zero-order chi connectivity index (χ0) is 20.1. The molecule has 0 unspecified atom stereocenters. The van der Waals surface area contributed by atoms with E-state index in [1.165, 1.54) is 17.3 Å². The topological polar surface area (TPSA) is 72.7 Å². The van der Waals surface area contributed by atoms with Crippen LogP contribution in [0.4, 0.5) is 5.69 Å². The van der Waals surface area contributed by atoms with Crippen LogP contribution in [-0.2, 0) is 11.3 Å². The molecule has 0 bridgehead atoms. The highest BCUT2D eigenvalue weighted by atomic mass is 32.2. The number of carbonyl (C=O) groups excluding carboxylic acids is 1. The number of aromatic nitrogens is 4. The maximum absolute atomic E-state index is 12.4. The third kappa shape index (κ3) is 4.98. The van der Waals surface area contributed by atoms with Crippen LogP contribution in [0.15, 0.2) is 47.9 Å². The zero-order valence-corrected chi connectivity index (χ0v) is 17.5. The SMILES string of the molecule is Cc1ccc(NC(=O)CSc2nnc(-c3ccncc3)n2CC(C)C)cc1C. The second-order valence-electron chi connectivity index (χ2n) is 7.18. The molecule has 0 fully saturated rings. The van der Waals surface area contributed by atoms with Crippen LogP contribution in [0.3, 0.4) is 0 Å². The van der Waals surface area contributed by atoms with Crippen LogP contribution in [0.1, 0.15) is 25.0 Å². The van der Waals surface area contributed by atoms with Gasteiger partial charge in [0.05, 0.1) is 5.75 Å². The Bertz CT molecular complexity index is 953. The Balaban J connectivity index is 1.72. The van der Waals surface area contributed by atoms with Crippen molar-refractivity contribution in [3.05, 3.63) is 53.9 Å². The molecular formula is C21H25N5OS. The van der Waals surface area contributed by atoms with E-state index in [1.807, 2.05) is 37.3 Å². The first-order chi connectivity index (χ1) is 13.4. The van der Waals surface area contributed by atoms with E-state index in [-0.39, 0.29) is 11.7 Å². The molecule has 0 atom stereocenters. The Labute approximate surface area is 169 Å². The minimum Gasteiger partial charge on any atom is -0.325 e. The lowest BCUT2D eigenvalue weighted by Crippen LogP contribution is -2.15. The van der Waals surface area contributed by atoms with Gasteiger partial charge in [0.1, 0.15) is 0 Å². The van der Waals surface area contributed by atoms with Crippen LogP contribution in [0.25, 0.3) is 11.4 Å². The summed E-state index contributed by atoms with van der Waals surface area (Å²) in [6.45, 7) is 9.17. The normalized spacial score (nSPS) is 11.0. The number of thioether (sulfide) groups is 1. The number of carbonyl (C=O) groups is 1. The summed E-state index contributed by atoms with van der Waals surface area (Å²) in [5.41, 5.74) is 4.14. The molecule has 7 heteroatoms. The van der Waals surface area contributed by atoms with Gasteiger partial charge < -0.3 is 9.88 Å². The summed E-state index contributed by atoms with van der Waals surface area (Å²) in [5, 5.41) is 12.4. The molecule has 0 aliphatic heterocycles. The first kappa shape index (κ1) is 20.1. The molecule has 1 amide bonds. The molecule has 2 aromatic heterocycles. The van der Waals surface area contributed by atoms with Crippen molar-refractivity contribution in [2.75, 3.05) is 11.1 Å². The summed E-state index contributed by atoms with van der Waals surface area (Å²) >= 11 is 1.40. The quantitative estimate of drug-likeness (QED) is 0.602. The molecule has 6 nitrogen and oxygen atoms in total. The van der Waals surface area contributed by atoms with Gasteiger partial charge in [0, 0.05) is 30.2 Å². The zero-order valence-electron chi connectivity index (χ0n) is 16.6. The number of rotatable bonds is 7. The average Bonchev–Trinajstić information content (AvgIpc) is 3.05. The predicted molar refractivity (Wildman–Crippen MR) is 113 cm³/mol. The Morgan fingerprint density at radius 2 is 1.86 bits per heavy atom. The summed E-state index contributed by atoms with van der Waals surface area (Å²) in [5.74, 6) is 1.45. The van der Waals surface area contributed by atoms with E-state index in [4.69, 9.17) is 0 Å². The van der Waals surface area contributed by atoms with E-state index in [2.05, 4.69) is 45.8 Å². The molecule has 0 saturated heterocycles. The highest BCUT2D eigenvalue weighted by Crippen LogP contribution is 2.25. The molecule has 0 radical (unpaired) electrons. The van der Waals surface area contributed by atoms with Gasteiger partial charge in [0.15, 0.2) is 11.0 Å². The second-order valence-corrected chi connectivity index (χ2v) is 8.12. The molecule has 0 saturated carbocycles. The summed E-state index contributed by atoms with van der Waals surface area (Å²) in [7, 11) is 0. The minimum atomic E-state index is -0.0576. The Hall–Kier alpha value is -2.67. The second kappa shape index (κ2) is 9.01. The van der Waals surface area contributed by atoms with Gasteiger partial charge in [-0.1, -0.05) is 31.7 Å². The molecule has 1 aromatic carbocycles. The van der Waals surface area contributed by atoms with Gasteiger partial charge in [-0.2, -0.15) is 0 Å². The molecule has 0 aliphatic carbocycles. The van der Waals surface area contributed by atoms with E-state index in [9.17, 15) is 4.79 Å². The van der Waals surface area contributed by atoms with Gasteiger partial charge >= 0.3 is 0 Å². The van der Waals surface area contributed by atoms with Gasteiger partial charge in [0.2, 0.25) is 5.91 Å². The number of pyridine rings is 1. The number of benzene rings is 1. The van der Waals surface area contributed by atoms with Crippen molar-refractivity contribution < 1.29 is 4.79 Å². The van der Waals surface area contributed by atoms with E-state index in [1.54, 1.807) is 12.4 Å². The van der Waals surface area contributed by atoms with E-state index in [0.29, 0.717) is 5.92 Å².